The molecule has 4 nitrogen and oxygen atoms in total. The van der Waals surface area contributed by atoms with Crippen molar-refractivity contribution >= 4 is 27.3 Å². The average molecular weight is 329 g/mol. The smallest absolute Gasteiger partial charge is 0.261 e. The summed E-state index contributed by atoms with van der Waals surface area (Å²) in [5.74, 6) is -0.797. The first-order chi connectivity index (χ1) is 9.94. The van der Waals surface area contributed by atoms with E-state index in [1.54, 1.807) is 19.2 Å². The van der Waals surface area contributed by atoms with Crippen molar-refractivity contribution in [3.8, 4) is 0 Å². The van der Waals surface area contributed by atoms with Gasteiger partial charge in [-0.25, -0.2) is 12.8 Å². The summed E-state index contributed by atoms with van der Waals surface area (Å²) < 4.78 is 40.5. The Hall–Kier alpha value is -1.63. The van der Waals surface area contributed by atoms with Gasteiger partial charge in [0.15, 0.2) is 5.82 Å². The molecule has 0 spiro atoms. The SMILES string of the molecule is CNCc1cccc(S(=O)(=O)Nc2cccc(Cl)c2F)c1. The van der Waals surface area contributed by atoms with E-state index in [0.717, 1.165) is 5.56 Å². The van der Waals surface area contributed by atoms with Crippen LogP contribution in [-0.2, 0) is 16.6 Å². The van der Waals surface area contributed by atoms with Crippen LogP contribution in [-0.4, -0.2) is 15.5 Å². The Bertz CT molecular complexity index is 750. The van der Waals surface area contributed by atoms with E-state index in [1.165, 1.54) is 30.3 Å². The number of hydrogen-bond acceptors (Lipinski definition) is 3. The van der Waals surface area contributed by atoms with Gasteiger partial charge in [-0.1, -0.05) is 29.8 Å². The van der Waals surface area contributed by atoms with Crippen LogP contribution in [0, 0.1) is 5.82 Å². The highest BCUT2D eigenvalue weighted by Gasteiger charge is 2.17. The lowest BCUT2D eigenvalue weighted by atomic mass is 10.2. The van der Waals surface area contributed by atoms with Gasteiger partial charge >= 0.3 is 0 Å². The molecule has 0 heterocycles. The fourth-order valence-corrected chi connectivity index (χ4v) is 3.12. The maximum Gasteiger partial charge on any atom is 0.261 e. The first-order valence-electron chi connectivity index (χ1n) is 6.14. The second kappa shape index (κ2) is 6.43. The highest BCUT2D eigenvalue weighted by molar-refractivity contribution is 7.92. The van der Waals surface area contributed by atoms with Gasteiger partial charge in [0.2, 0.25) is 0 Å². The Kier molecular flexibility index (Phi) is 4.82. The highest BCUT2D eigenvalue weighted by Crippen LogP contribution is 2.24. The summed E-state index contributed by atoms with van der Waals surface area (Å²) in [5.41, 5.74) is 0.633. The Morgan fingerprint density at radius 1 is 1.19 bits per heavy atom. The number of benzene rings is 2. The molecule has 0 aliphatic heterocycles. The predicted octanol–water partition coefficient (Wildman–Crippen LogP) is 3.00. The minimum absolute atomic E-state index is 0.0645. The molecule has 21 heavy (non-hydrogen) atoms. The van der Waals surface area contributed by atoms with Crippen molar-refractivity contribution in [2.24, 2.45) is 0 Å². The van der Waals surface area contributed by atoms with E-state index in [2.05, 4.69) is 10.0 Å². The maximum absolute atomic E-state index is 13.8. The van der Waals surface area contributed by atoms with Gasteiger partial charge in [-0.05, 0) is 36.9 Å². The molecular weight excluding hydrogens is 315 g/mol. The van der Waals surface area contributed by atoms with Crippen LogP contribution in [0.5, 0.6) is 0 Å². The zero-order valence-electron chi connectivity index (χ0n) is 11.2. The summed E-state index contributed by atoms with van der Waals surface area (Å²) in [7, 11) is -2.11. The average Bonchev–Trinajstić information content (AvgIpc) is 2.44. The van der Waals surface area contributed by atoms with Crippen LogP contribution in [0.15, 0.2) is 47.4 Å². The Morgan fingerprint density at radius 2 is 1.90 bits per heavy atom. The van der Waals surface area contributed by atoms with E-state index in [4.69, 9.17) is 11.6 Å². The number of sulfonamides is 1. The van der Waals surface area contributed by atoms with Crippen LogP contribution in [0.4, 0.5) is 10.1 Å². The number of anilines is 1. The van der Waals surface area contributed by atoms with Gasteiger partial charge in [0.1, 0.15) is 0 Å². The van der Waals surface area contributed by atoms with Crippen molar-refractivity contribution in [1.29, 1.82) is 0 Å². The van der Waals surface area contributed by atoms with Gasteiger partial charge in [0.05, 0.1) is 15.6 Å². The van der Waals surface area contributed by atoms with Crippen molar-refractivity contribution < 1.29 is 12.8 Å². The molecule has 0 atom stereocenters. The molecular formula is C14H14ClFN2O2S. The van der Waals surface area contributed by atoms with E-state index < -0.39 is 15.8 Å². The van der Waals surface area contributed by atoms with E-state index in [9.17, 15) is 12.8 Å². The summed E-state index contributed by atoms with van der Waals surface area (Å²) in [6, 6.07) is 10.6. The third kappa shape index (κ3) is 3.72. The van der Waals surface area contributed by atoms with Crippen LogP contribution in [0.1, 0.15) is 5.56 Å². The van der Waals surface area contributed by atoms with Crippen molar-refractivity contribution in [2.75, 3.05) is 11.8 Å². The predicted molar refractivity (Wildman–Crippen MR) is 81.4 cm³/mol. The normalized spacial score (nSPS) is 11.4. The summed E-state index contributed by atoms with van der Waals surface area (Å²) in [5, 5.41) is 2.80. The molecule has 0 aliphatic carbocycles. The third-order valence-corrected chi connectivity index (χ3v) is 4.44. The molecule has 0 saturated carbocycles. The molecule has 2 N–H and O–H groups in total. The lowest BCUT2D eigenvalue weighted by Crippen LogP contribution is -2.15. The lowest BCUT2D eigenvalue weighted by molar-refractivity contribution is 0.598. The van der Waals surface area contributed by atoms with Crippen LogP contribution in [0.3, 0.4) is 0 Å². The van der Waals surface area contributed by atoms with Crippen LogP contribution >= 0.6 is 11.6 Å². The Morgan fingerprint density at radius 3 is 2.62 bits per heavy atom. The van der Waals surface area contributed by atoms with Crippen molar-refractivity contribution in [1.82, 2.24) is 5.32 Å². The second-order valence-corrected chi connectivity index (χ2v) is 6.47. The molecule has 112 valence electrons. The topological polar surface area (TPSA) is 58.2 Å². The summed E-state index contributed by atoms with van der Waals surface area (Å²) in [6.07, 6.45) is 0. The molecule has 2 aromatic carbocycles. The van der Waals surface area contributed by atoms with Crippen LogP contribution < -0.4 is 10.0 Å². The number of halogens is 2. The maximum atomic E-state index is 13.8. The molecule has 0 aliphatic rings. The minimum Gasteiger partial charge on any atom is -0.316 e. The molecule has 0 unspecified atom stereocenters. The van der Waals surface area contributed by atoms with Crippen LogP contribution in [0.2, 0.25) is 5.02 Å². The molecule has 0 fully saturated rings. The van der Waals surface area contributed by atoms with E-state index in [-0.39, 0.29) is 15.6 Å². The largest absolute Gasteiger partial charge is 0.316 e. The van der Waals surface area contributed by atoms with Gasteiger partial charge in [-0.2, -0.15) is 0 Å². The molecule has 2 aromatic rings. The number of hydrogen-bond donors (Lipinski definition) is 2. The van der Waals surface area contributed by atoms with Crippen molar-refractivity contribution in [2.45, 2.75) is 11.4 Å². The zero-order chi connectivity index (χ0) is 15.5. The van der Waals surface area contributed by atoms with E-state index in [0.29, 0.717) is 6.54 Å². The van der Waals surface area contributed by atoms with Gasteiger partial charge in [-0.15, -0.1) is 0 Å². The third-order valence-electron chi connectivity index (χ3n) is 2.79. The standard InChI is InChI=1S/C14H14ClFN2O2S/c1-17-9-10-4-2-5-11(8-10)21(19,20)18-13-7-3-6-12(15)14(13)16/h2-8,17-18H,9H2,1H3. The molecule has 2 rings (SSSR count). The quantitative estimate of drug-likeness (QED) is 0.887. The Labute approximate surface area is 128 Å². The fourth-order valence-electron chi connectivity index (χ4n) is 1.81. The fraction of sp³-hybridized carbons (Fsp3) is 0.143. The Balaban J connectivity index is 2.34. The highest BCUT2D eigenvalue weighted by atomic mass is 35.5. The zero-order valence-corrected chi connectivity index (χ0v) is 12.8. The number of rotatable bonds is 5. The van der Waals surface area contributed by atoms with Gasteiger partial charge in [0.25, 0.3) is 10.0 Å². The monoisotopic (exact) mass is 328 g/mol. The molecule has 7 heteroatoms. The van der Waals surface area contributed by atoms with Gasteiger partial charge in [0, 0.05) is 6.54 Å². The van der Waals surface area contributed by atoms with E-state index in [1.807, 2.05) is 0 Å². The summed E-state index contributed by atoms with van der Waals surface area (Å²) >= 11 is 5.64. The van der Waals surface area contributed by atoms with Crippen LogP contribution in [0.25, 0.3) is 0 Å². The molecule has 0 saturated heterocycles. The first-order valence-corrected chi connectivity index (χ1v) is 8.00. The number of nitrogens with one attached hydrogen (secondary N) is 2. The molecule has 0 radical (unpaired) electrons. The first kappa shape index (κ1) is 15.8. The van der Waals surface area contributed by atoms with Gasteiger partial charge in [-0.3, -0.25) is 4.72 Å². The van der Waals surface area contributed by atoms with Crippen molar-refractivity contribution in [3.63, 3.8) is 0 Å². The molecule has 0 aromatic heterocycles. The van der Waals surface area contributed by atoms with E-state index >= 15 is 0 Å². The minimum atomic E-state index is -3.87. The second-order valence-electron chi connectivity index (χ2n) is 4.38. The molecule has 0 amide bonds. The lowest BCUT2D eigenvalue weighted by Gasteiger charge is -2.10. The van der Waals surface area contributed by atoms with Gasteiger partial charge < -0.3 is 5.32 Å². The van der Waals surface area contributed by atoms with Crippen molar-refractivity contribution in [3.05, 3.63) is 58.9 Å². The summed E-state index contributed by atoms with van der Waals surface area (Å²) in [6.45, 7) is 0.537. The summed E-state index contributed by atoms with van der Waals surface area (Å²) in [4.78, 5) is 0.0645. The molecule has 0 bridgehead atoms.